The zero-order valence-electron chi connectivity index (χ0n) is 12.5. The number of rotatable bonds is 7. The van der Waals surface area contributed by atoms with Gasteiger partial charge in [-0.05, 0) is 44.0 Å². The summed E-state index contributed by atoms with van der Waals surface area (Å²) in [5, 5.41) is 6.05. The van der Waals surface area contributed by atoms with E-state index in [9.17, 15) is 0 Å². The molecule has 1 atom stereocenters. The summed E-state index contributed by atoms with van der Waals surface area (Å²) in [5.74, 6) is 1.42. The summed E-state index contributed by atoms with van der Waals surface area (Å²) in [6, 6.07) is 7.99. The van der Waals surface area contributed by atoms with Gasteiger partial charge in [-0.3, -0.25) is 0 Å². The van der Waals surface area contributed by atoms with E-state index in [4.69, 9.17) is 21.1 Å². The second-order valence-electron chi connectivity index (χ2n) is 4.42. The Kier molecular flexibility index (Phi) is 5.91. The van der Waals surface area contributed by atoms with Crippen LogP contribution in [0.4, 0.5) is 0 Å². The Balaban J connectivity index is 2.45. The molecule has 0 saturated carbocycles. The van der Waals surface area contributed by atoms with E-state index in [1.807, 2.05) is 39.1 Å². The highest BCUT2D eigenvalue weighted by atomic mass is 35.5. The summed E-state index contributed by atoms with van der Waals surface area (Å²) in [6.07, 6.45) is 0. The van der Waals surface area contributed by atoms with E-state index in [0.29, 0.717) is 24.0 Å². The molecule has 0 aliphatic carbocycles. The third-order valence-electron chi connectivity index (χ3n) is 3.09. The molecule has 0 aliphatic heterocycles. The van der Waals surface area contributed by atoms with E-state index < -0.39 is 0 Å². The highest BCUT2D eigenvalue weighted by Crippen LogP contribution is 2.38. The topological polar surface area (TPSA) is 30.5 Å². The Morgan fingerprint density at radius 2 is 1.86 bits per heavy atom. The Bertz CT molecular complexity index is 572. The van der Waals surface area contributed by atoms with Crippen LogP contribution in [0.3, 0.4) is 0 Å². The molecule has 5 heteroatoms. The van der Waals surface area contributed by atoms with Crippen LogP contribution in [0.25, 0.3) is 0 Å². The van der Waals surface area contributed by atoms with Gasteiger partial charge in [0.15, 0.2) is 11.5 Å². The number of benzene rings is 1. The fourth-order valence-corrected chi connectivity index (χ4v) is 3.33. The lowest BCUT2D eigenvalue weighted by atomic mass is 10.0. The van der Waals surface area contributed by atoms with Gasteiger partial charge in [-0.15, -0.1) is 11.3 Å². The van der Waals surface area contributed by atoms with E-state index in [1.54, 1.807) is 11.3 Å². The lowest BCUT2D eigenvalue weighted by molar-refractivity contribution is 0.287. The molecule has 0 saturated heterocycles. The highest BCUT2D eigenvalue weighted by Gasteiger charge is 2.19. The van der Waals surface area contributed by atoms with Crippen LogP contribution in [-0.2, 0) is 0 Å². The zero-order chi connectivity index (χ0) is 15.2. The molecule has 0 bridgehead atoms. The highest BCUT2D eigenvalue weighted by molar-refractivity contribution is 7.10. The van der Waals surface area contributed by atoms with E-state index in [0.717, 1.165) is 11.3 Å². The van der Waals surface area contributed by atoms with E-state index >= 15 is 0 Å². The van der Waals surface area contributed by atoms with Crippen LogP contribution in [-0.4, -0.2) is 20.3 Å². The van der Waals surface area contributed by atoms with Crippen molar-refractivity contribution < 1.29 is 9.47 Å². The molecule has 1 aromatic heterocycles. The molecule has 2 rings (SSSR count). The summed E-state index contributed by atoms with van der Waals surface area (Å²) < 4.78 is 11.3. The number of hydrogen-bond acceptors (Lipinski definition) is 4. The van der Waals surface area contributed by atoms with Crippen molar-refractivity contribution in [2.75, 3.05) is 20.3 Å². The maximum Gasteiger partial charge on any atom is 0.162 e. The lowest BCUT2D eigenvalue weighted by Crippen LogP contribution is -2.17. The van der Waals surface area contributed by atoms with Crippen molar-refractivity contribution in [3.63, 3.8) is 0 Å². The quantitative estimate of drug-likeness (QED) is 0.812. The molecule has 1 aromatic carbocycles. The first-order valence-corrected chi connectivity index (χ1v) is 8.26. The first-order chi connectivity index (χ1) is 10.2. The molecule has 1 heterocycles. The van der Waals surface area contributed by atoms with Gasteiger partial charge in [0.05, 0.1) is 19.3 Å². The largest absolute Gasteiger partial charge is 0.490 e. The third-order valence-corrected chi connectivity index (χ3v) is 4.35. The number of ether oxygens (including phenoxy) is 2. The Morgan fingerprint density at radius 1 is 1.19 bits per heavy atom. The maximum atomic E-state index is 6.46. The van der Waals surface area contributed by atoms with Crippen LogP contribution in [0.15, 0.2) is 29.6 Å². The van der Waals surface area contributed by atoms with Crippen molar-refractivity contribution in [2.45, 2.75) is 19.9 Å². The molecule has 114 valence electrons. The number of halogens is 1. The minimum atomic E-state index is 0.0485. The van der Waals surface area contributed by atoms with Crippen molar-refractivity contribution in [2.24, 2.45) is 0 Å². The van der Waals surface area contributed by atoms with Gasteiger partial charge in [0, 0.05) is 16.0 Å². The molecule has 0 spiro atoms. The second kappa shape index (κ2) is 7.69. The van der Waals surface area contributed by atoms with Crippen LogP contribution in [0, 0.1) is 0 Å². The molecule has 2 aromatic rings. The molecule has 1 unspecified atom stereocenters. The summed E-state index contributed by atoms with van der Waals surface area (Å²) in [6.45, 7) is 5.07. The summed E-state index contributed by atoms with van der Waals surface area (Å²) in [7, 11) is 1.93. The fraction of sp³-hybridized carbons (Fsp3) is 0.375. The van der Waals surface area contributed by atoms with Crippen molar-refractivity contribution in [1.29, 1.82) is 0 Å². The average molecular weight is 326 g/mol. The Morgan fingerprint density at radius 3 is 2.38 bits per heavy atom. The van der Waals surface area contributed by atoms with Crippen molar-refractivity contribution >= 4 is 22.9 Å². The maximum absolute atomic E-state index is 6.46. The molecule has 3 nitrogen and oxygen atoms in total. The van der Waals surface area contributed by atoms with Crippen LogP contribution >= 0.6 is 22.9 Å². The predicted molar refractivity (Wildman–Crippen MR) is 89.0 cm³/mol. The van der Waals surface area contributed by atoms with E-state index in [2.05, 4.69) is 16.8 Å². The minimum absolute atomic E-state index is 0.0485. The number of hydrogen-bond donors (Lipinski definition) is 1. The standard InChI is InChI=1S/C16H20ClNO2S/c1-4-19-13-9-11(12(17)10-14(13)20-5-2)16(18-3)15-7-6-8-21-15/h6-10,16,18H,4-5H2,1-3H3. The first kappa shape index (κ1) is 16.1. The van der Waals surface area contributed by atoms with Crippen molar-refractivity contribution in [3.8, 4) is 11.5 Å². The Labute approximate surface area is 134 Å². The molecule has 0 amide bonds. The van der Waals surface area contributed by atoms with Crippen LogP contribution < -0.4 is 14.8 Å². The molecule has 21 heavy (non-hydrogen) atoms. The normalized spacial score (nSPS) is 12.2. The monoisotopic (exact) mass is 325 g/mol. The average Bonchev–Trinajstić information content (AvgIpc) is 2.98. The summed E-state index contributed by atoms with van der Waals surface area (Å²) in [5.41, 5.74) is 0.994. The molecule has 1 N–H and O–H groups in total. The molecular formula is C16H20ClNO2S. The van der Waals surface area contributed by atoms with Gasteiger partial charge in [-0.25, -0.2) is 0 Å². The van der Waals surface area contributed by atoms with Gasteiger partial charge in [0.2, 0.25) is 0 Å². The SMILES string of the molecule is CCOc1cc(Cl)c(C(NC)c2cccs2)cc1OCC. The first-order valence-electron chi connectivity index (χ1n) is 7.00. The van der Waals surface area contributed by atoms with Gasteiger partial charge < -0.3 is 14.8 Å². The van der Waals surface area contributed by atoms with Gasteiger partial charge in [0.1, 0.15) is 0 Å². The van der Waals surface area contributed by atoms with Crippen molar-refractivity contribution in [3.05, 3.63) is 45.1 Å². The van der Waals surface area contributed by atoms with Crippen LogP contribution in [0.1, 0.15) is 30.3 Å². The van der Waals surface area contributed by atoms with E-state index in [-0.39, 0.29) is 6.04 Å². The molecular weight excluding hydrogens is 306 g/mol. The second-order valence-corrected chi connectivity index (χ2v) is 5.81. The minimum Gasteiger partial charge on any atom is -0.490 e. The van der Waals surface area contributed by atoms with E-state index in [1.165, 1.54) is 4.88 Å². The molecule has 0 radical (unpaired) electrons. The number of nitrogens with one attached hydrogen (secondary N) is 1. The van der Waals surface area contributed by atoms with Crippen LogP contribution in [0.5, 0.6) is 11.5 Å². The van der Waals surface area contributed by atoms with Gasteiger partial charge in [-0.2, -0.15) is 0 Å². The predicted octanol–water partition coefficient (Wildman–Crippen LogP) is 4.51. The zero-order valence-corrected chi connectivity index (χ0v) is 14.1. The van der Waals surface area contributed by atoms with Crippen molar-refractivity contribution in [1.82, 2.24) is 5.32 Å². The fourth-order valence-electron chi connectivity index (χ4n) is 2.22. The molecule has 0 fully saturated rings. The summed E-state index contributed by atoms with van der Waals surface area (Å²) in [4.78, 5) is 1.21. The van der Waals surface area contributed by atoms with Crippen LogP contribution in [0.2, 0.25) is 5.02 Å². The lowest BCUT2D eigenvalue weighted by Gasteiger charge is -2.20. The molecule has 0 aliphatic rings. The van der Waals surface area contributed by atoms with Gasteiger partial charge >= 0.3 is 0 Å². The smallest absolute Gasteiger partial charge is 0.162 e. The summed E-state index contributed by atoms with van der Waals surface area (Å²) >= 11 is 8.16. The van der Waals surface area contributed by atoms with Gasteiger partial charge in [-0.1, -0.05) is 17.7 Å². The number of thiophene rings is 1. The third kappa shape index (κ3) is 3.70. The Hall–Kier alpha value is -1.23. The van der Waals surface area contributed by atoms with Gasteiger partial charge in [0.25, 0.3) is 0 Å².